The fourth-order valence-electron chi connectivity index (χ4n) is 2.25. The zero-order valence-electron chi connectivity index (χ0n) is 11.1. The molecule has 2 rings (SSSR count). The van der Waals surface area contributed by atoms with Gasteiger partial charge < -0.3 is 10.4 Å². The lowest BCUT2D eigenvalue weighted by Crippen LogP contribution is -2.16. The molecule has 1 amide bonds. The Morgan fingerprint density at radius 1 is 1.15 bits per heavy atom. The number of carboxylic acids is 1. The van der Waals surface area contributed by atoms with Gasteiger partial charge in [0.05, 0.1) is 0 Å². The predicted octanol–water partition coefficient (Wildman–Crippen LogP) is 2.39. The van der Waals surface area contributed by atoms with Crippen molar-refractivity contribution >= 4 is 23.3 Å². The maximum atomic E-state index is 12.1. The van der Waals surface area contributed by atoms with Crippen molar-refractivity contribution in [2.24, 2.45) is 0 Å². The molecule has 1 aliphatic rings. The second kappa shape index (κ2) is 5.69. The monoisotopic (exact) mass is 273 g/mol. The molecule has 0 atom stereocenters. The second-order valence-electron chi connectivity index (χ2n) is 4.71. The van der Waals surface area contributed by atoms with Crippen LogP contribution in [0.25, 0.3) is 0 Å². The summed E-state index contributed by atoms with van der Waals surface area (Å²) in [5.41, 5.74) is 1.50. The molecule has 0 heterocycles. The highest BCUT2D eigenvalue weighted by Crippen LogP contribution is 2.27. The number of carbonyl (C=O) groups is 3. The molecule has 5 heteroatoms. The highest BCUT2D eigenvalue weighted by atomic mass is 16.4. The number of rotatable bonds is 4. The predicted molar refractivity (Wildman–Crippen MR) is 73.6 cm³/mol. The topological polar surface area (TPSA) is 83.5 Å². The van der Waals surface area contributed by atoms with Crippen molar-refractivity contribution in [3.8, 4) is 0 Å². The number of amides is 1. The minimum atomic E-state index is -1.04. The van der Waals surface area contributed by atoms with Crippen molar-refractivity contribution in [1.29, 1.82) is 0 Å². The van der Waals surface area contributed by atoms with Gasteiger partial charge in [-0.05, 0) is 38.3 Å². The molecule has 5 nitrogen and oxygen atoms in total. The van der Waals surface area contributed by atoms with Gasteiger partial charge in [-0.1, -0.05) is 12.1 Å². The molecule has 0 aliphatic heterocycles. The summed E-state index contributed by atoms with van der Waals surface area (Å²) in [6.45, 7) is 1.45. The van der Waals surface area contributed by atoms with Crippen LogP contribution >= 0.6 is 0 Å². The maximum Gasteiger partial charge on any atom is 0.332 e. The van der Waals surface area contributed by atoms with Gasteiger partial charge in [0.25, 0.3) is 5.91 Å². The van der Waals surface area contributed by atoms with Crippen LogP contribution in [-0.2, 0) is 9.59 Å². The van der Waals surface area contributed by atoms with E-state index in [0.29, 0.717) is 36.1 Å². The first-order valence-corrected chi connectivity index (χ1v) is 6.36. The number of hydrogen-bond donors (Lipinski definition) is 2. The molecule has 2 N–H and O–H groups in total. The first-order valence-electron chi connectivity index (χ1n) is 6.36. The number of nitrogens with one attached hydrogen (secondary N) is 1. The largest absolute Gasteiger partial charge is 0.478 e. The fourth-order valence-corrected chi connectivity index (χ4v) is 2.25. The van der Waals surface area contributed by atoms with Gasteiger partial charge in [-0.2, -0.15) is 0 Å². The maximum absolute atomic E-state index is 12.1. The minimum absolute atomic E-state index is 0.0904. The molecular formula is C15H15NO4. The first kappa shape index (κ1) is 14.0. The molecule has 0 bridgehead atoms. The molecule has 0 radical (unpaired) electrons. The van der Waals surface area contributed by atoms with E-state index in [1.807, 2.05) is 0 Å². The van der Waals surface area contributed by atoms with Crippen LogP contribution in [0.3, 0.4) is 0 Å². The molecule has 0 fully saturated rings. The van der Waals surface area contributed by atoms with E-state index in [1.165, 1.54) is 6.92 Å². The number of carboxylic acid groups (broad SMARTS) is 1. The van der Waals surface area contributed by atoms with E-state index in [2.05, 4.69) is 5.32 Å². The smallest absolute Gasteiger partial charge is 0.332 e. The summed E-state index contributed by atoms with van der Waals surface area (Å²) in [6.07, 6.45) is 1.57. The van der Waals surface area contributed by atoms with Crippen molar-refractivity contribution in [1.82, 2.24) is 0 Å². The summed E-state index contributed by atoms with van der Waals surface area (Å²) in [7, 11) is 0. The van der Waals surface area contributed by atoms with Gasteiger partial charge in [-0.15, -0.1) is 0 Å². The molecule has 0 spiro atoms. The van der Waals surface area contributed by atoms with Gasteiger partial charge in [0.2, 0.25) is 0 Å². The van der Waals surface area contributed by atoms with Crippen molar-refractivity contribution in [2.75, 3.05) is 5.32 Å². The van der Waals surface area contributed by atoms with Crippen LogP contribution in [0.15, 0.2) is 35.4 Å². The van der Waals surface area contributed by atoms with Gasteiger partial charge in [0, 0.05) is 22.4 Å². The average Bonchev–Trinajstić information content (AvgIpc) is 2.88. The number of anilines is 1. The van der Waals surface area contributed by atoms with E-state index in [9.17, 15) is 14.4 Å². The van der Waals surface area contributed by atoms with Gasteiger partial charge in [0.15, 0.2) is 5.78 Å². The molecule has 0 aromatic heterocycles. The number of ketones is 1. The molecular weight excluding hydrogens is 258 g/mol. The van der Waals surface area contributed by atoms with E-state index in [-0.39, 0.29) is 11.4 Å². The number of aliphatic carboxylic acids is 1. The third kappa shape index (κ3) is 2.93. The number of carbonyl (C=O) groups excluding carboxylic acids is 2. The zero-order chi connectivity index (χ0) is 14.7. The molecule has 0 unspecified atom stereocenters. The van der Waals surface area contributed by atoms with Crippen molar-refractivity contribution < 1.29 is 19.5 Å². The Labute approximate surface area is 116 Å². The SMILES string of the molecule is CC(=O)c1cccc(NC(=O)C2=C(C(=O)O)CCC2)c1. The van der Waals surface area contributed by atoms with Gasteiger partial charge in [-0.3, -0.25) is 9.59 Å². The van der Waals surface area contributed by atoms with Crippen LogP contribution in [0.2, 0.25) is 0 Å². The summed E-state index contributed by atoms with van der Waals surface area (Å²) < 4.78 is 0. The second-order valence-corrected chi connectivity index (χ2v) is 4.71. The van der Waals surface area contributed by atoms with Crippen LogP contribution in [0.4, 0.5) is 5.69 Å². The van der Waals surface area contributed by atoms with Crippen LogP contribution in [0.5, 0.6) is 0 Å². The zero-order valence-corrected chi connectivity index (χ0v) is 11.1. The summed E-state index contributed by atoms with van der Waals surface area (Å²) in [5, 5.41) is 11.7. The Morgan fingerprint density at radius 3 is 2.50 bits per heavy atom. The highest BCUT2D eigenvalue weighted by molar-refractivity contribution is 6.09. The summed E-state index contributed by atoms with van der Waals surface area (Å²) >= 11 is 0. The van der Waals surface area contributed by atoms with E-state index >= 15 is 0 Å². The average molecular weight is 273 g/mol. The van der Waals surface area contributed by atoms with Gasteiger partial charge in [0.1, 0.15) is 0 Å². The lowest BCUT2D eigenvalue weighted by Gasteiger charge is -2.08. The Kier molecular flexibility index (Phi) is 3.98. The third-order valence-electron chi connectivity index (χ3n) is 3.28. The molecule has 104 valence electrons. The summed E-state index contributed by atoms with van der Waals surface area (Å²) in [6, 6.07) is 6.58. The molecule has 1 aliphatic carbocycles. The number of benzene rings is 1. The molecule has 1 aromatic carbocycles. The standard InChI is InChI=1S/C15H15NO4/c1-9(17)10-4-2-5-11(8-10)16-14(18)12-6-3-7-13(12)15(19)20/h2,4-5,8H,3,6-7H2,1H3,(H,16,18)(H,19,20). The van der Waals surface area contributed by atoms with Crippen LogP contribution in [0, 0.1) is 0 Å². The van der Waals surface area contributed by atoms with Crippen LogP contribution in [0.1, 0.15) is 36.5 Å². The van der Waals surface area contributed by atoms with Crippen molar-refractivity contribution in [3.05, 3.63) is 41.0 Å². The minimum Gasteiger partial charge on any atom is -0.478 e. The van der Waals surface area contributed by atoms with Crippen LogP contribution < -0.4 is 5.32 Å². The fraction of sp³-hybridized carbons (Fsp3) is 0.267. The Morgan fingerprint density at radius 2 is 1.85 bits per heavy atom. The van der Waals surface area contributed by atoms with Crippen molar-refractivity contribution in [2.45, 2.75) is 26.2 Å². The third-order valence-corrected chi connectivity index (χ3v) is 3.28. The summed E-state index contributed by atoms with van der Waals surface area (Å²) in [4.78, 5) is 34.4. The van der Waals surface area contributed by atoms with Crippen LogP contribution in [-0.4, -0.2) is 22.8 Å². The van der Waals surface area contributed by atoms with Gasteiger partial charge >= 0.3 is 5.97 Å². The van der Waals surface area contributed by atoms with E-state index in [4.69, 9.17) is 5.11 Å². The van der Waals surface area contributed by atoms with E-state index < -0.39 is 11.9 Å². The van der Waals surface area contributed by atoms with E-state index in [0.717, 1.165) is 0 Å². The van der Waals surface area contributed by atoms with Crippen molar-refractivity contribution in [3.63, 3.8) is 0 Å². The molecule has 0 saturated heterocycles. The lowest BCUT2D eigenvalue weighted by molar-refractivity contribution is -0.133. The highest BCUT2D eigenvalue weighted by Gasteiger charge is 2.25. The Bertz CT molecular complexity index is 616. The first-order chi connectivity index (χ1) is 9.49. The molecule has 0 saturated carbocycles. The Hall–Kier alpha value is -2.43. The van der Waals surface area contributed by atoms with E-state index in [1.54, 1.807) is 24.3 Å². The van der Waals surface area contributed by atoms with Gasteiger partial charge in [-0.25, -0.2) is 4.79 Å². The molecule has 20 heavy (non-hydrogen) atoms. The number of Topliss-reactive ketones (excluding diaryl/α,β-unsaturated/α-hetero) is 1. The normalized spacial score (nSPS) is 14.2. The lowest BCUT2D eigenvalue weighted by atomic mass is 10.1. The molecule has 1 aromatic rings. The quantitative estimate of drug-likeness (QED) is 0.825. The number of hydrogen-bond acceptors (Lipinski definition) is 3. The summed E-state index contributed by atoms with van der Waals surface area (Å²) in [5.74, 6) is -1.53. The Balaban J connectivity index is 2.20.